The van der Waals surface area contributed by atoms with E-state index in [1.54, 1.807) is 0 Å². The van der Waals surface area contributed by atoms with Gasteiger partial charge < -0.3 is 9.84 Å². The quantitative estimate of drug-likeness (QED) is 0.735. The molecule has 2 heteroatoms. The van der Waals surface area contributed by atoms with E-state index in [4.69, 9.17) is 4.74 Å². The fourth-order valence-corrected chi connectivity index (χ4v) is 7.51. The van der Waals surface area contributed by atoms with Gasteiger partial charge >= 0.3 is 0 Å². The molecule has 0 saturated heterocycles. The van der Waals surface area contributed by atoms with E-state index in [0.29, 0.717) is 17.3 Å². The minimum Gasteiger partial charge on any atom is -0.498 e. The van der Waals surface area contributed by atoms with Crippen molar-refractivity contribution in [3.63, 3.8) is 0 Å². The van der Waals surface area contributed by atoms with Crippen molar-refractivity contribution in [3.05, 3.63) is 23.5 Å². The molecular formula is C23H36O2. The number of hydrogen-bond donors (Lipinski definition) is 1. The monoisotopic (exact) mass is 344 g/mol. The summed E-state index contributed by atoms with van der Waals surface area (Å²) in [6, 6.07) is 0. The van der Waals surface area contributed by atoms with E-state index >= 15 is 0 Å². The summed E-state index contributed by atoms with van der Waals surface area (Å²) in [5.41, 5.74) is 1.93. The van der Waals surface area contributed by atoms with Crippen molar-refractivity contribution >= 4 is 0 Å². The lowest BCUT2D eigenvalue weighted by atomic mass is 9.47. The highest BCUT2D eigenvalue weighted by atomic mass is 16.5. The van der Waals surface area contributed by atoms with Crippen LogP contribution in [0.4, 0.5) is 0 Å². The Balaban J connectivity index is 1.69. The Morgan fingerprint density at radius 1 is 1.24 bits per heavy atom. The molecule has 0 heterocycles. The third-order valence-corrected chi connectivity index (χ3v) is 8.68. The molecule has 7 atom stereocenters. The summed E-state index contributed by atoms with van der Waals surface area (Å²) in [6.45, 7) is 10.1. The molecule has 1 N–H and O–H groups in total. The zero-order valence-electron chi connectivity index (χ0n) is 16.6. The van der Waals surface area contributed by atoms with Gasteiger partial charge in [0.2, 0.25) is 0 Å². The first-order valence-electron chi connectivity index (χ1n) is 10.7. The zero-order valence-corrected chi connectivity index (χ0v) is 16.6. The fraction of sp³-hybridized carbons (Fsp3) is 0.826. The number of hydrogen-bond acceptors (Lipinski definition) is 2. The molecule has 0 spiro atoms. The predicted molar refractivity (Wildman–Crippen MR) is 102 cm³/mol. The highest BCUT2D eigenvalue weighted by Crippen LogP contribution is 2.66. The van der Waals surface area contributed by atoms with Gasteiger partial charge in [-0.2, -0.15) is 0 Å². The molecule has 4 aliphatic carbocycles. The lowest BCUT2D eigenvalue weighted by molar-refractivity contribution is -0.118. The van der Waals surface area contributed by atoms with E-state index in [2.05, 4.69) is 39.8 Å². The summed E-state index contributed by atoms with van der Waals surface area (Å²) in [6.07, 6.45) is 13.0. The Morgan fingerprint density at radius 2 is 2.04 bits per heavy atom. The van der Waals surface area contributed by atoms with Gasteiger partial charge in [0.1, 0.15) is 0 Å². The van der Waals surface area contributed by atoms with Crippen LogP contribution in [-0.2, 0) is 4.74 Å². The minimum atomic E-state index is -0.144. The lowest BCUT2D eigenvalue weighted by Crippen LogP contribution is -2.55. The largest absolute Gasteiger partial charge is 0.498 e. The number of rotatable bonds is 3. The van der Waals surface area contributed by atoms with Crippen molar-refractivity contribution in [1.82, 2.24) is 0 Å². The number of ether oxygens (including phenoxy) is 1. The third kappa shape index (κ3) is 2.46. The molecule has 2 fully saturated rings. The van der Waals surface area contributed by atoms with Gasteiger partial charge in [-0.15, -0.1) is 0 Å². The Labute approximate surface area is 153 Å². The molecule has 0 bridgehead atoms. The Hall–Kier alpha value is -0.760. The number of aliphatic hydroxyl groups is 1. The van der Waals surface area contributed by atoms with Crippen LogP contribution in [0.5, 0.6) is 0 Å². The molecule has 0 radical (unpaired) electrons. The summed E-state index contributed by atoms with van der Waals surface area (Å²) in [5, 5.41) is 11.3. The maximum atomic E-state index is 11.3. The fourth-order valence-electron chi connectivity index (χ4n) is 7.51. The van der Waals surface area contributed by atoms with E-state index in [-0.39, 0.29) is 11.5 Å². The molecule has 140 valence electrons. The first-order chi connectivity index (χ1) is 11.9. The van der Waals surface area contributed by atoms with Crippen molar-refractivity contribution in [2.24, 2.45) is 34.5 Å². The molecule has 4 aliphatic rings. The molecule has 0 aromatic rings. The van der Waals surface area contributed by atoms with Crippen LogP contribution in [0.15, 0.2) is 23.5 Å². The number of allylic oxidation sites excluding steroid dienone is 4. The molecule has 25 heavy (non-hydrogen) atoms. The molecule has 2 saturated carbocycles. The normalized spacial score (nSPS) is 48.8. The van der Waals surface area contributed by atoms with Gasteiger partial charge in [-0.1, -0.05) is 33.3 Å². The first kappa shape index (κ1) is 17.6. The SMILES string of the molecule is CCOC1=CC2=CC[C@@H]3[C@H]([C@@H](O)C[C@]4(C)[C@@H](CC)CC[C@@H]34)[C@@]2(C)CC1. The zero-order chi connectivity index (χ0) is 17.8. The molecule has 4 rings (SSSR count). The summed E-state index contributed by atoms with van der Waals surface area (Å²) in [5.74, 6) is 3.85. The van der Waals surface area contributed by atoms with Gasteiger partial charge in [0, 0.05) is 6.42 Å². The van der Waals surface area contributed by atoms with Crippen molar-refractivity contribution in [1.29, 1.82) is 0 Å². The highest BCUT2D eigenvalue weighted by Gasteiger charge is 2.60. The van der Waals surface area contributed by atoms with Crippen LogP contribution >= 0.6 is 0 Å². The van der Waals surface area contributed by atoms with Crippen LogP contribution < -0.4 is 0 Å². The van der Waals surface area contributed by atoms with Gasteiger partial charge in [0.05, 0.1) is 18.5 Å². The Kier molecular flexibility index (Phi) is 4.34. The number of aliphatic hydroxyl groups excluding tert-OH is 1. The highest BCUT2D eigenvalue weighted by molar-refractivity contribution is 5.36. The van der Waals surface area contributed by atoms with E-state index < -0.39 is 0 Å². The Bertz CT molecular complexity index is 591. The van der Waals surface area contributed by atoms with Crippen LogP contribution in [-0.4, -0.2) is 17.8 Å². The molecule has 0 aliphatic heterocycles. The molecule has 0 aromatic heterocycles. The molecule has 0 amide bonds. The van der Waals surface area contributed by atoms with Gasteiger partial charge in [0.15, 0.2) is 0 Å². The maximum absolute atomic E-state index is 11.3. The van der Waals surface area contributed by atoms with Gasteiger partial charge in [0.25, 0.3) is 0 Å². The van der Waals surface area contributed by atoms with Crippen LogP contribution in [0.3, 0.4) is 0 Å². The summed E-state index contributed by atoms with van der Waals surface area (Å²) >= 11 is 0. The second-order valence-corrected chi connectivity index (χ2v) is 9.61. The number of fused-ring (bicyclic) bond motifs is 5. The Morgan fingerprint density at radius 3 is 2.76 bits per heavy atom. The van der Waals surface area contributed by atoms with E-state index in [9.17, 15) is 5.11 Å². The van der Waals surface area contributed by atoms with Gasteiger partial charge in [-0.25, -0.2) is 0 Å². The van der Waals surface area contributed by atoms with Crippen molar-refractivity contribution in [3.8, 4) is 0 Å². The first-order valence-corrected chi connectivity index (χ1v) is 10.7. The van der Waals surface area contributed by atoms with Crippen LogP contribution in [0.2, 0.25) is 0 Å². The second-order valence-electron chi connectivity index (χ2n) is 9.61. The van der Waals surface area contributed by atoms with Gasteiger partial charge in [-0.05, 0) is 85.2 Å². The van der Waals surface area contributed by atoms with Crippen molar-refractivity contribution < 1.29 is 9.84 Å². The lowest BCUT2D eigenvalue weighted by Gasteiger charge is -2.58. The second kappa shape index (κ2) is 6.15. The van der Waals surface area contributed by atoms with Crippen LogP contribution in [0.25, 0.3) is 0 Å². The van der Waals surface area contributed by atoms with E-state index in [1.807, 2.05) is 0 Å². The predicted octanol–water partition coefficient (Wildman–Crippen LogP) is 5.48. The average molecular weight is 345 g/mol. The van der Waals surface area contributed by atoms with Crippen molar-refractivity contribution in [2.75, 3.05) is 6.61 Å². The molecule has 0 aromatic carbocycles. The molecular weight excluding hydrogens is 308 g/mol. The van der Waals surface area contributed by atoms with Crippen molar-refractivity contribution in [2.45, 2.75) is 78.7 Å². The van der Waals surface area contributed by atoms with E-state index in [1.165, 1.54) is 24.8 Å². The third-order valence-electron chi connectivity index (χ3n) is 8.68. The maximum Gasteiger partial charge on any atom is 0.0962 e. The van der Waals surface area contributed by atoms with Crippen LogP contribution in [0, 0.1) is 34.5 Å². The van der Waals surface area contributed by atoms with Gasteiger partial charge in [-0.3, -0.25) is 0 Å². The van der Waals surface area contributed by atoms with Crippen LogP contribution in [0.1, 0.15) is 72.6 Å². The summed E-state index contributed by atoms with van der Waals surface area (Å²) < 4.78 is 5.81. The summed E-state index contributed by atoms with van der Waals surface area (Å²) in [4.78, 5) is 0. The van der Waals surface area contributed by atoms with E-state index in [0.717, 1.165) is 49.9 Å². The smallest absolute Gasteiger partial charge is 0.0962 e. The molecule has 2 nitrogen and oxygen atoms in total. The summed E-state index contributed by atoms with van der Waals surface area (Å²) in [7, 11) is 0. The topological polar surface area (TPSA) is 29.5 Å². The standard InChI is InChI=1S/C23H36O2/c1-5-15-8-10-19-18-9-7-16-13-17(25-6-2)11-12-22(16,3)21(18)20(24)14-23(15,19)4/h7,13,15,18-21,24H,5-6,8-12,14H2,1-4H3/t15-,18-,19-,20-,21+,22-,23+/m0/s1. The molecule has 0 unspecified atom stereocenters. The average Bonchev–Trinajstić information content (AvgIpc) is 2.90. The minimum absolute atomic E-state index is 0.133.